The van der Waals surface area contributed by atoms with Crippen LogP contribution in [0, 0.1) is 0 Å². The van der Waals surface area contributed by atoms with Crippen molar-refractivity contribution in [3.8, 4) is 56.4 Å². The van der Waals surface area contributed by atoms with Gasteiger partial charge in [0.25, 0.3) is 0 Å². The monoisotopic (exact) mass is 743 g/mol. The zero-order valence-electron chi connectivity index (χ0n) is 30.4. The molecule has 1 spiro atoms. The summed E-state index contributed by atoms with van der Waals surface area (Å²) in [6, 6.07) is 61.8. The summed E-state index contributed by atoms with van der Waals surface area (Å²) in [4.78, 5) is 15.1. The van der Waals surface area contributed by atoms with E-state index in [0.717, 1.165) is 60.6 Å². The predicted molar refractivity (Wildman–Crippen MR) is 234 cm³/mol. The van der Waals surface area contributed by atoms with Gasteiger partial charge in [-0.15, -0.1) is 0 Å². The molecule has 2 aliphatic rings. The van der Waals surface area contributed by atoms with Crippen molar-refractivity contribution in [2.24, 2.45) is 0 Å². The largest absolute Gasteiger partial charge is 0.456 e. The summed E-state index contributed by atoms with van der Waals surface area (Å²) in [7, 11) is 0. The molecule has 58 heavy (non-hydrogen) atoms. The first-order valence-corrected chi connectivity index (χ1v) is 19.3. The fourth-order valence-corrected chi connectivity index (χ4v) is 9.79. The number of fused-ring (bicyclic) bond motifs is 17. The molecule has 0 radical (unpaired) electrons. The van der Waals surface area contributed by atoms with Crippen molar-refractivity contribution in [2.75, 3.05) is 0 Å². The number of hydrogen-bond donors (Lipinski definition) is 0. The third-order valence-corrected chi connectivity index (χ3v) is 12.1. The Kier molecular flexibility index (Phi) is 6.71. The number of nitrogens with zero attached hydrogens (tertiary/aromatic N) is 3. The van der Waals surface area contributed by atoms with E-state index in [1.165, 1.54) is 44.5 Å². The first kappa shape index (κ1) is 32.6. The number of benzene rings is 8. The van der Waals surface area contributed by atoms with Gasteiger partial charge in [0.1, 0.15) is 22.3 Å². The van der Waals surface area contributed by atoms with Gasteiger partial charge in [0.05, 0.1) is 5.41 Å². The van der Waals surface area contributed by atoms with E-state index >= 15 is 0 Å². The maximum absolute atomic E-state index is 6.78. The summed E-state index contributed by atoms with van der Waals surface area (Å²) in [5, 5.41) is 4.34. The molecule has 3 heterocycles. The van der Waals surface area contributed by atoms with Crippen LogP contribution in [0.5, 0.6) is 0 Å². The normalized spacial score (nSPS) is 13.2. The van der Waals surface area contributed by atoms with Crippen LogP contribution in [-0.4, -0.2) is 15.0 Å². The van der Waals surface area contributed by atoms with Crippen LogP contribution in [0.4, 0.5) is 0 Å². The van der Waals surface area contributed by atoms with Crippen molar-refractivity contribution in [3.05, 3.63) is 198 Å². The van der Waals surface area contributed by atoms with Crippen LogP contribution in [0.15, 0.2) is 185 Å². The highest BCUT2D eigenvalue weighted by Crippen LogP contribution is 2.65. The molecule has 11 aromatic rings. The predicted octanol–water partition coefficient (Wildman–Crippen LogP) is 13.7. The van der Waals surface area contributed by atoms with Gasteiger partial charge in [-0.2, -0.15) is 0 Å². The van der Waals surface area contributed by atoms with Gasteiger partial charge in [-0.3, -0.25) is 0 Å². The van der Waals surface area contributed by atoms with E-state index in [4.69, 9.17) is 23.8 Å². The number of rotatable bonds is 3. The van der Waals surface area contributed by atoms with Gasteiger partial charge >= 0.3 is 0 Å². The van der Waals surface area contributed by atoms with E-state index < -0.39 is 5.41 Å². The van der Waals surface area contributed by atoms with Gasteiger partial charge in [-0.25, -0.2) is 15.0 Å². The lowest BCUT2D eigenvalue weighted by molar-refractivity contribution is 0.666. The molecule has 0 amide bonds. The summed E-state index contributed by atoms with van der Waals surface area (Å²) in [6.45, 7) is 0. The molecule has 0 aliphatic heterocycles. The Morgan fingerprint density at radius 2 is 0.897 bits per heavy atom. The molecule has 8 aromatic carbocycles. The van der Waals surface area contributed by atoms with Crippen LogP contribution >= 0.6 is 0 Å². The lowest BCUT2D eigenvalue weighted by Crippen LogP contribution is -2.26. The third-order valence-electron chi connectivity index (χ3n) is 12.1. The zero-order valence-corrected chi connectivity index (χ0v) is 30.4. The van der Waals surface area contributed by atoms with Crippen molar-refractivity contribution >= 4 is 43.9 Å². The van der Waals surface area contributed by atoms with E-state index in [1.807, 2.05) is 66.7 Å². The molecule has 0 N–H and O–H groups in total. The topological polar surface area (TPSA) is 65.0 Å². The van der Waals surface area contributed by atoms with E-state index in [-0.39, 0.29) is 7.43 Å². The highest BCUT2D eigenvalue weighted by atomic mass is 16.3. The molecule has 272 valence electrons. The second kappa shape index (κ2) is 11.9. The molecule has 0 saturated carbocycles. The van der Waals surface area contributed by atoms with Crippen molar-refractivity contribution in [2.45, 2.75) is 12.8 Å². The standard InChI is InChI=1S/C52H29N3O2.CH4/c1-3-13-30(14-4-1)49-53-50(31-15-5-2-6-16-31)55-51(54-49)32-23-25-44-39(27-32)47-45(56-44)26-24-36-37-28-38-35-19-9-12-22-43(35)57-46(38)29-42(37)52(48(36)47)40-20-10-7-17-33(40)34-18-8-11-21-41(34)52;/h1-29H;1H4. The molecule has 2 aliphatic carbocycles. The van der Waals surface area contributed by atoms with Crippen LogP contribution in [0.25, 0.3) is 100 Å². The lowest BCUT2D eigenvalue weighted by Gasteiger charge is -2.31. The van der Waals surface area contributed by atoms with Crippen molar-refractivity contribution in [1.29, 1.82) is 0 Å². The average Bonchev–Trinajstić information content (AvgIpc) is 4.00. The van der Waals surface area contributed by atoms with Crippen LogP contribution in [0.3, 0.4) is 0 Å². The van der Waals surface area contributed by atoms with E-state index in [2.05, 4.69) is 109 Å². The van der Waals surface area contributed by atoms with E-state index in [9.17, 15) is 0 Å². The second-order valence-electron chi connectivity index (χ2n) is 15.0. The Hall–Kier alpha value is -7.63. The van der Waals surface area contributed by atoms with Crippen LogP contribution in [0.1, 0.15) is 29.7 Å². The molecule has 0 fully saturated rings. The van der Waals surface area contributed by atoms with Crippen molar-refractivity contribution < 1.29 is 8.83 Å². The molecule has 5 heteroatoms. The van der Waals surface area contributed by atoms with E-state index in [0.29, 0.717) is 17.5 Å². The van der Waals surface area contributed by atoms with Gasteiger partial charge < -0.3 is 8.83 Å². The van der Waals surface area contributed by atoms with Gasteiger partial charge in [0.15, 0.2) is 17.5 Å². The third kappa shape index (κ3) is 4.27. The summed E-state index contributed by atoms with van der Waals surface area (Å²) < 4.78 is 13.4. The van der Waals surface area contributed by atoms with E-state index in [1.54, 1.807) is 0 Å². The van der Waals surface area contributed by atoms with Gasteiger partial charge in [0.2, 0.25) is 0 Å². The first-order chi connectivity index (χ1) is 28.2. The molecule has 0 saturated heterocycles. The minimum absolute atomic E-state index is 0. The maximum Gasteiger partial charge on any atom is 0.164 e. The first-order valence-electron chi connectivity index (χ1n) is 19.3. The SMILES string of the molecule is C.c1ccc(-c2nc(-c3ccccc3)nc(-c3ccc4oc5ccc6c(c5c4c3)C3(c4ccccc4-c4ccccc43)c3cc4oc5ccccc5c4cc3-6)n2)cc1. The molecular formula is C53H33N3O2. The molecule has 0 unspecified atom stereocenters. The molecular weight excluding hydrogens is 711 g/mol. The highest BCUT2D eigenvalue weighted by Gasteiger charge is 2.53. The number of furan rings is 2. The molecule has 5 nitrogen and oxygen atoms in total. The average molecular weight is 744 g/mol. The molecule has 0 atom stereocenters. The Balaban J connectivity index is 0.00000366. The molecule has 0 bridgehead atoms. The summed E-state index contributed by atoms with van der Waals surface area (Å²) in [5.41, 5.74) is 15.4. The Morgan fingerprint density at radius 3 is 1.59 bits per heavy atom. The highest BCUT2D eigenvalue weighted by molar-refractivity contribution is 6.16. The fraction of sp³-hybridized carbons (Fsp3) is 0.0377. The summed E-state index contributed by atoms with van der Waals surface area (Å²) >= 11 is 0. The Labute approximate surface area is 333 Å². The zero-order chi connectivity index (χ0) is 37.2. The number of para-hydroxylation sites is 1. The number of aromatic nitrogens is 3. The summed E-state index contributed by atoms with van der Waals surface area (Å²) in [5.74, 6) is 1.86. The van der Waals surface area contributed by atoms with Crippen LogP contribution < -0.4 is 0 Å². The van der Waals surface area contributed by atoms with Crippen LogP contribution in [0.2, 0.25) is 0 Å². The minimum Gasteiger partial charge on any atom is -0.456 e. The van der Waals surface area contributed by atoms with Gasteiger partial charge in [-0.05, 0) is 87.0 Å². The summed E-state index contributed by atoms with van der Waals surface area (Å²) in [6.07, 6.45) is 0. The second-order valence-corrected chi connectivity index (χ2v) is 15.0. The van der Waals surface area contributed by atoms with Crippen molar-refractivity contribution in [3.63, 3.8) is 0 Å². The quantitative estimate of drug-likeness (QED) is 0.180. The minimum atomic E-state index is -0.620. The van der Waals surface area contributed by atoms with Crippen LogP contribution in [-0.2, 0) is 5.41 Å². The maximum atomic E-state index is 6.78. The van der Waals surface area contributed by atoms with Crippen molar-refractivity contribution in [1.82, 2.24) is 15.0 Å². The Bertz CT molecular complexity index is 3370. The fourth-order valence-electron chi connectivity index (χ4n) is 9.79. The smallest absolute Gasteiger partial charge is 0.164 e. The molecule has 3 aromatic heterocycles. The lowest BCUT2D eigenvalue weighted by atomic mass is 9.69. The Morgan fingerprint density at radius 1 is 0.345 bits per heavy atom. The molecule has 13 rings (SSSR count). The number of hydrogen-bond acceptors (Lipinski definition) is 5. The van der Waals surface area contributed by atoms with Gasteiger partial charge in [0, 0.05) is 38.2 Å². The van der Waals surface area contributed by atoms with Gasteiger partial charge in [-0.1, -0.05) is 141 Å².